The molecule has 0 saturated carbocycles. The van der Waals surface area contributed by atoms with Gasteiger partial charge in [0.1, 0.15) is 13.2 Å². The predicted molar refractivity (Wildman–Crippen MR) is 92.3 cm³/mol. The highest BCUT2D eigenvalue weighted by atomic mass is 16.6. The summed E-state index contributed by atoms with van der Waals surface area (Å²) in [7, 11) is 0. The third kappa shape index (κ3) is 4.30. The first kappa shape index (κ1) is 17.7. The van der Waals surface area contributed by atoms with Crippen LogP contribution >= 0.6 is 0 Å². The Morgan fingerprint density at radius 3 is 2.54 bits per heavy atom. The highest BCUT2D eigenvalue weighted by molar-refractivity contribution is 5.93. The summed E-state index contributed by atoms with van der Waals surface area (Å²) >= 11 is 0. The maximum atomic E-state index is 12.3. The number of anilines is 1. The molecule has 8 heteroatoms. The van der Waals surface area contributed by atoms with Crippen LogP contribution < -0.4 is 14.8 Å². The first-order valence-electron chi connectivity index (χ1n) is 8.33. The van der Waals surface area contributed by atoms with Gasteiger partial charge in [-0.15, -0.1) is 12.3 Å². The smallest absolute Gasteiger partial charge is 0.307 e. The number of terminal acetylenes is 1. The van der Waals surface area contributed by atoms with E-state index in [1.54, 1.807) is 12.1 Å². The Balaban J connectivity index is 1.66. The van der Waals surface area contributed by atoms with Crippen LogP contribution in [0.4, 0.5) is 5.69 Å². The summed E-state index contributed by atoms with van der Waals surface area (Å²) in [4.78, 5) is 23.4. The van der Waals surface area contributed by atoms with Crippen LogP contribution in [0.1, 0.15) is 31.2 Å². The van der Waals surface area contributed by atoms with Gasteiger partial charge in [-0.1, -0.05) is 0 Å². The van der Waals surface area contributed by atoms with Gasteiger partial charge in [-0.2, -0.15) is 10.2 Å². The number of hydrogen-bond donors (Lipinski definition) is 2. The van der Waals surface area contributed by atoms with Crippen LogP contribution in [0.2, 0.25) is 0 Å². The number of hydrogen-bond acceptors (Lipinski definition) is 6. The fourth-order valence-electron chi connectivity index (χ4n) is 2.75. The van der Waals surface area contributed by atoms with Crippen molar-refractivity contribution in [3.8, 4) is 23.8 Å². The van der Waals surface area contributed by atoms with E-state index in [2.05, 4.69) is 21.5 Å². The molecule has 2 N–H and O–H groups in total. The number of nitrogens with one attached hydrogen (secondary N) is 1. The Kier molecular flexibility index (Phi) is 5.07. The average molecular weight is 357 g/mol. The van der Waals surface area contributed by atoms with Crippen molar-refractivity contribution in [1.29, 1.82) is 0 Å². The number of carbonyl (C=O) groups is 2. The Morgan fingerprint density at radius 1 is 1.23 bits per heavy atom. The van der Waals surface area contributed by atoms with Crippen LogP contribution in [0, 0.1) is 12.3 Å². The zero-order valence-corrected chi connectivity index (χ0v) is 14.2. The van der Waals surface area contributed by atoms with Crippen molar-refractivity contribution in [3.63, 3.8) is 0 Å². The van der Waals surface area contributed by atoms with Crippen molar-refractivity contribution in [1.82, 2.24) is 0 Å². The standard InChI is InChI=1S/C18H19N3O5/c1-2-3-5-18(20-21-18)6-4-16(22)19-13-11-15-14(25-7-8-26-15)9-12(13)10-17(23)24/h1,9,11H,3-8,10H2,(H,19,22)(H,23,24). The van der Waals surface area contributed by atoms with Crippen LogP contribution in [0.3, 0.4) is 0 Å². The molecule has 0 unspecified atom stereocenters. The molecule has 0 bridgehead atoms. The zero-order chi connectivity index (χ0) is 18.6. The summed E-state index contributed by atoms with van der Waals surface area (Å²) in [5, 5.41) is 19.9. The van der Waals surface area contributed by atoms with Gasteiger partial charge in [0.25, 0.3) is 0 Å². The minimum absolute atomic E-state index is 0.207. The molecule has 3 rings (SSSR count). The first-order valence-corrected chi connectivity index (χ1v) is 8.33. The summed E-state index contributed by atoms with van der Waals surface area (Å²) in [6.45, 7) is 0.803. The average Bonchev–Trinajstić information content (AvgIpc) is 3.39. The van der Waals surface area contributed by atoms with E-state index in [0.29, 0.717) is 55.2 Å². The number of fused-ring (bicyclic) bond motifs is 1. The second-order valence-corrected chi connectivity index (χ2v) is 6.16. The largest absolute Gasteiger partial charge is 0.486 e. The van der Waals surface area contributed by atoms with E-state index < -0.39 is 11.6 Å². The van der Waals surface area contributed by atoms with Crippen LogP contribution in [0.5, 0.6) is 11.5 Å². The van der Waals surface area contributed by atoms with Crippen LogP contribution in [-0.2, 0) is 16.0 Å². The molecule has 136 valence electrons. The maximum Gasteiger partial charge on any atom is 0.307 e. The van der Waals surface area contributed by atoms with Crippen molar-refractivity contribution in [2.75, 3.05) is 18.5 Å². The molecule has 0 aliphatic carbocycles. The van der Waals surface area contributed by atoms with E-state index in [4.69, 9.17) is 21.0 Å². The Hall–Kier alpha value is -3.08. The van der Waals surface area contributed by atoms with Gasteiger partial charge in [-0.05, 0) is 11.6 Å². The maximum absolute atomic E-state index is 12.3. The molecule has 0 atom stereocenters. The molecule has 2 aliphatic heterocycles. The number of ether oxygens (including phenoxy) is 2. The van der Waals surface area contributed by atoms with E-state index in [1.807, 2.05) is 0 Å². The first-order chi connectivity index (χ1) is 12.5. The predicted octanol–water partition coefficient (Wildman–Crippen LogP) is 2.38. The van der Waals surface area contributed by atoms with Crippen LogP contribution in [0.25, 0.3) is 0 Å². The lowest BCUT2D eigenvalue weighted by Crippen LogP contribution is -2.20. The molecule has 8 nitrogen and oxygen atoms in total. The molecule has 0 saturated heterocycles. The lowest BCUT2D eigenvalue weighted by molar-refractivity contribution is -0.136. The van der Waals surface area contributed by atoms with Gasteiger partial charge in [0.2, 0.25) is 5.91 Å². The number of carboxylic acids is 1. The molecule has 1 aromatic carbocycles. The fourth-order valence-corrected chi connectivity index (χ4v) is 2.75. The highest BCUT2D eigenvalue weighted by Crippen LogP contribution is 2.38. The van der Waals surface area contributed by atoms with Crippen LogP contribution in [-0.4, -0.2) is 35.9 Å². The lowest BCUT2D eigenvalue weighted by atomic mass is 10.0. The second kappa shape index (κ2) is 7.44. The van der Waals surface area contributed by atoms with Crippen LogP contribution in [0.15, 0.2) is 22.4 Å². The fraction of sp³-hybridized carbons (Fsp3) is 0.444. The number of carbonyl (C=O) groups excluding carboxylic acids is 1. The van der Waals surface area contributed by atoms with Gasteiger partial charge in [0, 0.05) is 37.4 Å². The van der Waals surface area contributed by atoms with Crippen molar-refractivity contribution in [3.05, 3.63) is 17.7 Å². The van der Waals surface area contributed by atoms with Gasteiger partial charge >= 0.3 is 5.97 Å². The van der Waals surface area contributed by atoms with Gasteiger partial charge in [0.05, 0.1) is 6.42 Å². The van der Waals surface area contributed by atoms with E-state index in [1.165, 1.54) is 0 Å². The summed E-state index contributed by atoms with van der Waals surface area (Å²) < 4.78 is 11.0. The van der Waals surface area contributed by atoms with E-state index in [9.17, 15) is 9.59 Å². The molecule has 26 heavy (non-hydrogen) atoms. The third-order valence-electron chi connectivity index (χ3n) is 4.19. The number of nitrogens with zero attached hydrogens (tertiary/aromatic N) is 2. The third-order valence-corrected chi connectivity index (χ3v) is 4.19. The molecule has 0 aromatic heterocycles. The quantitative estimate of drug-likeness (QED) is 0.694. The molecule has 0 radical (unpaired) electrons. The van der Waals surface area contributed by atoms with E-state index >= 15 is 0 Å². The van der Waals surface area contributed by atoms with Gasteiger partial charge < -0.3 is 19.9 Å². The minimum Gasteiger partial charge on any atom is -0.486 e. The Bertz CT molecular complexity index is 791. The molecular formula is C18H19N3O5. The summed E-state index contributed by atoms with van der Waals surface area (Å²) in [5.41, 5.74) is 0.336. The molecular weight excluding hydrogens is 338 g/mol. The van der Waals surface area contributed by atoms with Crippen molar-refractivity contribution < 1.29 is 24.2 Å². The monoisotopic (exact) mass is 357 g/mol. The number of carboxylic acid groups (broad SMARTS) is 1. The summed E-state index contributed by atoms with van der Waals surface area (Å²) in [6, 6.07) is 3.20. The molecule has 1 amide bonds. The van der Waals surface area contributed by atoms with Gasteiger partial charge in [-0.3, -0.25) is 9.59 Å². The van der Waals surface area contributed by atoms with E-state index in [-0.39, 0.29) is 18.7 Å². The number of benzene rings is 1. The molecule has 0 spiro atoms. The molecule has 2 aliphatic rings. The molecule has 0 fully saturated rings. The highest BCUT2D eigenvalue weighted by Gasteiger charge is 2.39. The van der Waals surface area contributed by atoms with Gasteiger partial charge in [0.15, 0.2) is 17.2 Å². The van der Waals surface area contributed by atoms with Crippen molar-refractivity contribution >= 4 is 17.6 Å². The number of rotatable bonds is 8. The normalized spacial score (nSPS) is 15.8. The molecule has 2 heterocycles. The van der Waals surface area contributed by atoms with Gasteiger partial charge in [-0.25, -0.2) is 0 Å². The Morgan fingerprint density at radius 2 is 1.92 bits per heavy atom. The topological polar surface area (TPSA) is 110 Å². The SMILES string of the molecule is C#CCCC1(CCC(=O)Nc2cc3c(cc2CC(=O)O)OCCO3)N=N1. The minimum atomic E-state index is -0.999. The number of aliphatic carboxylic acids is 1. The van der Waals surface area contributed by atoms with Crippen molar-refractivity contribution in [2.45, 2.75) is 37.8 Å². The number of amides is 1. The summed E-state index contributed by atoms with van der Waals surface area (Å²) in [6.07, 6.45) is 6.88. The molecule has 1 aromatic rings. The van der Waals surface area contributed by atoms with Crippen molar-refractivity contribution in [2.24, 2.45) is 10.2 Å². The zero-order valence-electron chi connectivity index (χ0n) is 14.2. The van der Waals surface area contributed by atoms with E-state index in [0.717, 1.165) is 0 Å². The lowest BCUT2D eigenvalue weighted by Gasteiger charge is -2.21. The Labute approximate surface area is 150 Å². The summed E-state index contributed by atoms with van der Waals surface area (Å²) in [5.74, 6) is 2.27. The second-order valence-electron chi connectivity index (χ2n) is 6.16.